The summed E-state index contributed by atoms with van der Waals surface area (Å²) in [5.74, 6) is -0.317. The Morgan fingerprint density at radius 2 is 1.92 bits per heavy atom. The molecule has 2 fully saturated rings. The van der Waals surface area contributed by atoms with E-state index >= 15 is 0 Å². The number of benzene rings is 1. The predicted molar refractivity (Wildman–Crippen MR) is 93.1 cm³/mol. The highest BCUT2D eigenvalue weighted by Crippen LogP contribution is 2.28. The van der Waals surface area contributed by atoms with E-state index in [1.54, 1.807) is 34.4 Å². The van der Waals surface area contributed by atoms with Crippen LogP contribution in [0.2, 0.25) is 0 Å². The van der Waals surface area contributed by atoms with Gasteiger partial charge >= 0.3 is 0 Å². The lowest BCUT2D eigenvalue weighted by molar-refractivity contribution is -0.121. The van der Waals surface area contributed by atoms with Gasteiger partial charge in [-0.2, -0.15) is 0 Å². The molecular formula is C17H19FN4OS. The number of halogens is 1. The maximum atomic E-state index is 14.0. The third-order valence-electron chi connectivity index (χ3n) is 4.77. The van der Waals surface area contributed by atoms with Gasteiger partial charge in [0.15, 0.2) is 5.13 Å². The molecule has 0 unspecified atom stereocenters. The fourth-order valence-electron chi connectivity index (χ4n) is 3.51. The van der Waals surface area contributed by atoms with E-state index < -0.39 is 0 Å². The Kier molecular flexibility index (Phi) is 4.20. The molecule has 5 nitrogen and oxygen atoms in total. The van der Waals surface area contributed by atoms with E-state index in [1.165, 1.54) is 6.07 Å². The van der Waals surface area contributed by atoms with Crippen molar-refractivity contribution in [3.8, 4) is 0 Å². The van der Waals surface area contributed by atoms with Gasteiger partial charge in [0, 0.05) is 44.3 Å². The Bertz CT molecular complexity index is 715. The zero-order chi connectivity index (χ0) is 16.5. The number of carbonyl (C=O) groups excluding carboxylic acids is 1. The Morgan fingerprint density at radius 3 is 2.62 bits per heavy atom. The summed E-state index contributed by atoms with van der Waals surface area (Å²) in [5, 5.41) is 3.02. The maximum Gasteiger partial charge on any atom is 0.244 e. The van der Waals surface area contributed by atoms with Crippen LogP contribution < -0.4 is 9.80 Å². The fourth-order valence-corrected chi connectivity index (χ4v) is 4.21. The SMILES string of the molecule is O=C1[C@@H](N2CCN(c3nccs3)CC2)CCN1c1ccccc1F. The van der Waals surface area contributed by atoms with Crippen molar-refractivity contribution >= 4 is 28.1 Å². The fraction of sp³-hybridized carbons (Fsp3) is 0.412. The van der Waals surface area contributed by atoms with E-state index in [9.17, 15) is 9.18 Å². The Balaban J connectivity index is 1.42. The number of anilines is 2. The number of thiazole rings is 1. The quantitative estimate of drug-likeness (QED) is 0.854. The second-order valence-electron chi connectivity index (χ2n) is 6.08. The molecule has 1 aromatic heterocycles. The molecule has 2 aliphatic rings. The molecule has 0 spiro atoms. The first-order valence-corrected chi connectivity index (χ1v) is 9.06. The number of amides is 1. The molecule has 2 saturated heterocycles. The van der Waals surface area contributed by atoms with E-state index in [0.29, 0.717) is 12.2 Å². The Hall–Kier alpha value is -1.99. The maximum absolute atomic E-state index is 14.0. The van der Waals surface area contributed by atoms with Crippen LogP contribution in [0.1, 0.15) is 6.42 Å². The average molecular weight is 346 g/mol. The van der Waals surface area contributed by atoms with E-state index in [-0.39, 0.29) is 17.8 Å². The van der Waals surface area contributed by atoms with Crippen LogP contribution in [0, 0.1) is 5.82 Å². The largest absolute Gasteiger partial charge is 0.346 e. The minimum absolute atomic E-state index is 0.0165. The number of rotatable bonds is 3. The molecular weight excluding hydrogens is 327 g/mol. The summed E-state index contributed by atoms with van der Waals surface area (Å²) in [4.78, 5) is 23.2. The van der Waals surface area contributed by atoms with Crippen LogP contribution in [0.4, 0.5) is 15.2 Å². The molecule has 1 aromatic carbocycles. The third-order valence-corrected chi connectivity index (χ3v) is 5.60. The monoisotopic (exact) mass is 346 g/mol. The van der Waals surface area contributed by atoms with Gasteiger partial charge in [-0.1, -0.05) is 12.1 Å². The summed E-state index contributed by atoms with van der Waals surface area (Å²) < 4.78 is 14.0. The Labute approximate surface area is 144 Å². The highest BCUT2D eigenvalue weighted by Gasteiger charge is 2.38. The van der Waals surface area contributed by atoms with Crippen molar-refractivity contribution in [3.05, 3.63) is 41.7 Å². The topological polar surface area (TPSA) is 39.7 Å². The van der Waals surface area contributed by atoms with Crippen molar-refractivity contribution in [2.24, 2.45) is 0 Å². The molecule has 2 aliphatic heterocycles. The first kappa shape index (κ1) is 15.5. The molecule has 24 heavy (non-hydrogen) atoms. The average Bonchev–Trinajstić information content (AvgIpc) is 3.26. The van der Waals surface area contributed by atoms with Crippen LogP contribution in [-0.2, 0) is 4.79 Å². The van der Waals surface area contributed by atoms with Crippen LogP contribution in [0.3, 0.4) is 0 Å². The van der Waals surface area contributed by atoms with E-state index in [4.69, 9.17) is 0 Å². The molecule has 3 heterocycles. The van der Waals surface area contributed by atoms with Gasteiger partial charge in [0.05, 0.1) is 11.7 Å². The lowest BCUT2D eigenvalue weighted by Gasteiger charge is -2.37. The zero-order valence-corrected chi connectivity index (χ0v) is 14.1. The van der Waals surface area contributed by atoms with E-state index in [0.717, 1.165) is 37.7 Å². The molecule has 0 saturated carbocycles. The van der Waals surface area contributed by atoms with Crippen LogP contribution in [0.5, 0.6) is 0 Å². The molecule has 7 heteroatoms. The molecule has 0 aliphatic carbocycles. The number of carbonyl (C=O) groups is 1. The van der Waals surface area contributed by atoms with Crippen molar-refractivity contribution in [2.75, 3.05) is 42.5 Å². The highest BCUT2D eigenvalue weighted by molar-refractivity contribution is 7.13. The summed E-state index contributed by atoms with van der Waals surface area (Å²) in [6, 6.07) is 6.36. The minimum Gasteiger partial charge on any atom is -0.346 e. The number of hydrogen-bond acceptors (Lipinski definition) is 5. The van der Waals surface area contributed by atoms with Crippen LogP contribution >= 0.6 is 11.3 Å². The van der Waals surface area contributed by atoms with E-state index in [2.05, 4.69) is 14.8 Å². The summed E-state index contributed by atoms with van der Waals surface area (Å²) in [6.45, 7) is 3.99. The van der Waals surface area contributed by atoms with Crippen LogP contribution in [0.15, 0.2) is 35.8 Å². The lowest BCUT2D eigenvalue weighted by atomic mass is 10.2. The van der Waals surface area contributed by atoms with Gasteiger partial charge in [-0.05, 0) is 18.6 Å². The van der Waals surface area contributed by atoms with Crippen LogP contribution in [0.25, 0.3) is 0 Å². The summed E-state index contributed by atoms with van der Waals surface area (Å²) in [6.07, 6.45) is 2.57. The summed E-state index contributed by atoms with van der Waals surface area (Å²) in [7, 11) is 0. The predicted octanol–water partition coefficient (Wildman–Crippen LogP) is 2.21. The highest BCUT2D eigenvalue weighted by atomic mass is 32.1. The van der Waals surface area contributed by atoms with Crippen molar-refractivity contribution in [3.63, 3.8) is 0 Å². The molecule has 2 aromatic rings. The molecule has 4 rings (SSSR count). The van der Waals surface area contributed by atoms with Gasteiger partial charge in [0.25, 0.3) is 0 Å². The van der Waals surface area contributed by atoms with Gasteiger partial charge in [-0.25, -0.2) is 9.37 Å². The number of piperazine rings is 1. The normalized spacial score (nSPS) is 22.4. The van der Waals surface area contributed by atoms with Gasteiger partial charge in [-0.15, -0.1) is 11.3 Å². The number of para-hydroxylation sites is 1. The first-order valence-electron chi connectivity index (χ1n) is 8.18. The number of aromatic nitrogens is 1. The summed E-state index contributed by atoms with van der Waals surface area (Å²) in [5.41, 5.74) is 0.395. The standard InChI is InChI=1S/C17H19FN4OS/c18-13-3-1-2-4-14(13)22-7-5-15(16(22)23)20-8-10-21(11-9-20)17-19-6-12-24-17/h1-4,6,12,15H,5,7-11H2/t15-/m0/s1. The second-order valence-corrected chi connectivity index (χ2v) is 6.96. The van der Waals surface area contributed by atoms with Crippen molar-refractivity contribution in [1.29, 1.82) is 0 Å². The third kappa shape index (κ3) is 2.78. The molecule has 1 atom stereocenters. The van der Waals surface area contributed by atoms with Crippen molar-refractivity contribution < 1.29 is 9.18 Å². The van der Waals surface area contributed by atoms with Gasteiger partial charge in [0.1, 0.15) is 5.82 Å². The van der Waals surface area contributed by atoms with Crippen molar-refractivity contribution in [2.45, 2.75) is 12.5 Å². The Morgan fingerprint density at radius 1 is 1.12 bits per heavy atom. The van der Waals surface area contributed by atoms with Gasteiger partial charge in [-0.3, -0.25) is 9.69 Å². The molecule has 0 N–H and O–H groups in total. The summed E-state index contributed by atoms with van der Waals surface area (Å²) >= 11 is 1.64. The minimum atomic E-state index is -0.333. The molecule has 126 valence electrons. The van der Waals surface area contributed by atoms with E-state index in [1.807, 2.05) is 11.6 Å². The number of nitrogens with zero attached hydrogens (tertiary/aromatic N) is 4. The van der Waals surface area contributed by atoms with Crippen LogP contribution in [-0.4, -0.2) is 54.6 Å². The second kappa shape index (κ2) is 6.49. The van der Waals surface area contributed by atoms with Gasteiger partial charge in [0.2, 0.25) is 5.91 Å². The molecule has 0 radical (unpaired) electrons. The van der Waals surface area contributed by atoms with Gasteiger partial charge < -0.3 is 9.80 Å². The smallest absolute Gasteiger partial charge is 0.244 e. The molecule has 0 bridgehead atoms. The number of hydrogen-bond donors (Lipinski definition) is 0. The lowest BCUT2D eigenvalue weighted by Crippen LogP contribution is -2.52. The zero-order valence-electron chi connectivity index (χ0n) is 13.3. The molecule has 1 amide bonds. The first-order chi connectivity index (χ1) is 11.7. The van der Waals surface area contributed by atoms with Crippen molar-refractivity contribution in [1.82, 2.24) is 9.88 Å².